The summed E-state index contributed by atoms with van der Waals surface area (Å²) < 4.78 is 2.19. The molecule has 50 valence electrons. The van der Waals surface area contributed by atoms with E-state index in [0.29, 0.717) is 10.5 Å². The maximum atomic E-state index is 3.20. The van der Waals surface area contributed by atoms with Gasteiger partial charge in [-0.05, 0) is 21.0 Å². The van der Waals surface area contributed by atoms with Crippen LogP contribution < -0.4 is 0 Å². The summed E-state index contributed by atoms with van der Waals surface area (Å²) in [6.07, 6.45) is 0. The van der Waals surface area contributed by atoms with Crippen LogP contribution in [0.4, 0.5) is 0 Å². The summed E-state index contributed by atoms with van der Waals surface area (Å²) in [5.41, 5.74) is 0. The fraction of sp³-hybridized carbons (Fsp3) is 0.833. The Balaban J connectivity index is 3.86. The van der Waals surface area contributed by atoms with Gasteiger partial charge in [0.2, 0.25) is 0 Å². The molecule has 0 unspecified atom stereocenters. The Bertz CT molecular complexity index is 126. The molecule has 0 aliphatic carbocycles. The molecule has 0 N–H and O–H groups in total. The summed E-state index contributed by atoms with van der Waals surface area (Å²) in [7, 11) is 4.47. The maximum absolute atomic E-state index is 3.20. The van der Waals surface area contributed by atoms with Crippen LogP contribution >= 0.6 is 0 Å². The number of nitrogens with zero attached hydrogens (tertiary/aromatic N) is 1. The maximum Gasteiger partial charge on any atom is -0.0331 e. The van der Waals surface area contributed by atoms with E-state index in [0.717, 1.165) is 0 Å². The summed E-state index contributed by atoms with van der Waals surface area (Å²) in [5, 5.41) is 3.20. The lowest BCUT2D eigenvalue weighted by Gasteiger charge is -2.26. The SMILES string of the molecule is CC#[S-](CC)N(C)C. The van der Waals surface area contributed by atoms with Gasteiger partial charge in [-0.15, -0.1) is 5.75 Å². The predicted molar refractivity (Wildman–Crippen MR) is 41.2 cm³/mol. The van der Waals surface area contributed by atoms with E-state index < -0.39 is 0 Å². The second-order valence-corrected chi connectivity index (χ2v) is 4.12. The molecule has 8 heavy (non-hydrogen) atoms. The van der Waals surface area contributed by atoms with Crippen molar-refractivity contribution in [1.82, 2.24) is 4.31 Å². The highest BCUT2D eigenvalue weighted by Gasteiger charge is 1.70. The van der Waals surface area contributed by atoms with Gasteiger partial charge in [0.25, 0.3) is 0 Å². The van der Waals surface area contributed by atoms with Gasteiger partial charge in [0, 0.05) is 0 Å². The number of hydrogen-bond acceptors (Lipinski definition) is 2. The van der Waals surface area contributed by atoms with Crippen LogP contribution in [0.1, 0.15) is 13.8 Å². The van der Waals surface area contributed by atoms with Crippen LogP contribution in [0.15, 0.2) is 0 Å². The van der Waals surface area contributed by atoms with Crippen molar-refractivity contribution in [2.75, 3.05) is 19.8 Å². The quantitative estimate of drug-likeness (QED) is 0.446. The third-order valence-electron chi connectivity index (χ3n) is 0.950. The summed E-state index contributed by atoms with van der Waals surface area (Å²) in [6.45, 7) is 4.17. The Morgan fingerprint density at radius 2 is 2.00 bits per heavy atom. The largest absolute Gasteiger partial charge is 0.403 e. The molecular formula is C6H14NS-. The van der Waals surface area contributed by atoms with Gasteiger partial charge in [-0.2, -0.15) is 0 Å². The van der Waals surface area contributed by atoms with Crippen LogP contribution in [0.3, 0.4) is 0 Å². The zero-order valence-electron chi connectivity index (χ0n) is 6.06. The summed E-state index contributed by atoms with van der Waals surface area (Å²) >= 11 is 0. The van der Waals surface area contributed by atoms with Crippen molar-refractivity contribution in [3.05, 3.63) is 0 Å². The molecule has 0 fully saturated rings. The molecule has 0 atom stereocenters. The van der Waals surface area contributed by atoms with Crippen molar-refractivity contribution in [1.29, 1.82) is 0 Å². The van der Waals surface area contributed by atoms with Crippen molar-refractivity contribution in [2.45, 2.75) is 13.8 Å². The number of rotatable bonds is 0. The molecule has 0 aliphatic heterocycles. The van der Waals surface area contributed by atoms with Crippen molar-refractivity contribution in [3.63, 3.8) is 0 Å². The number of hydrogen-bond donors (Lipinski definition) is 0. The topological polar surface area (TPSA) is 3.24 Å². The highest BCUT2D eigenvalue weighted by molar-refractivity contribution is 7.84. The summed E-state index contributed by atoms with van der Waals surface area (Å²) in [4.78, 5) is 0. The van der Waals surface area contributed by atoms with E-state index in [2.05, 4.69) is 30.5 Å². The van der Waals surface area contributed by atoms with Gasteiger partial charge in [-0.1, -0.05) is 6.92 Å². The van der Waals surface area contributed by atoms with Crippen LogP contribution in [0, 0.1) is 5.18 Å². The van der Waals surface area contributed by atoms with Gasteiger partial charge in [-0.3, -0.25) is 5.18 Å². The zero-order valence-corrected chi connectivity index (χ0v) is 6.88. The Morgan fingerprint density at radius 1 is 1.50 bits per heavy atom. The average molecular weight is 132 g/mol. The fourth-order valence-corrected chi connectivity index (χ4v) is 1.76. The Kier molecular flexibility index (Phi) is 4.06. The standard InChI is InChI=1S/C6H14NS/c1-5-8(6-2)7(3)4/h5H2,1-4H3/q-1. The first kappa shape index (κ1) is 8.09. The minimum atomic E-state index is 0.293. The van der Waals surface area contributed by atoms with E-state index in [1.807, 2.05) is 6.92 Å². The van der Waals surface area contributed by atoms with Crippen molar-refractivity contribution in [3.8, 4) is 5.18 Å². The molecule has 0 heterocycles. The van der Waals surface area contributed by atoms with E-state index in [1.165, 1.54) is 5.75 Å². The predicted octanol–water partition coefficient (Wildman–Crippen LogP) is 1.08. The van der Waals surface area contributed by atoms with Crippen molar-refractivity contribution < 1.29 is 0 Å². The minimum Gasteiger partial charge on any atom is -0.403 e. The lowest BCUT2D eigenvalue weighted by atomic mass is 11.0. The molecule has 1 nitrogen and oxygen atoms in total. The van der Waals surface area contributed by atoms with Gasteiger partial charge in [0.05, 0.1) is 0 Å². The molecule has 0 aromatic heterocycles. The van der Waals surface area contributed by atoms with Crippen LogP contribution in [0.2, 0.25) is 0 Å². The molecule has 0 bridgehead atoms. The molecule has 2 heteroatoms. The van der Waals surface area contributed by atoms with Gasteiger partial charge in [-0.25, -0.2) is 0 Å². The highest BCUT2D eigenvalue weighted by atomic mass is 32.2. The van der Waals surface area contributed by atoms with E-state index >= 15 is 0 Å². The molecule has 0 spiro atoms. The second kappa shape index (κ2) is 4.02. The lowest BCUT2D eigenvalue weighted by molar-refractivity contribution is 0.697. The average Bonchev–Trinajstić information content (AvgIpc) is 1.69. The molecule has 0 rings (SSSR count). The molecule has 0 aromatic carbocycles. The van der Waals surface area contributed by atoms with Crippen LogP contribution in [0.5, 0.6) is 0 Å². The Morgan fingerprint density at radius 3 is 2.00 bits per heavy atom. The first-order chi connectivity index (χ1) is 3.72. The fourth-order valence-electron chi connectivity index (χ4n) is 0.585. The molecule has 0 saturated carbocycles. The van der Waals surface area contributed by atoms with Gasteiger partial charge >= 0.3 is 0 Å². The third kappa shape index (κ3) is 2.41. The molecule has 0 aliphatic rings. The smallest absolute Gasteiger partial charge is 0.0331 e. The Hall–Kier alpha value is 0.0900. The van der Waals surface area contributed by atoms with Crippen molar-refractivity contribution in [2.24, 2.45) is 0 Å². The first-order valence-electron chi connectivity index (χ1n) is 2.78. The molecular weight excluding hydrogens is 118 g/mol. The monoisotopic (exact) mass is 132 g/mol. The van der Waals surface area contributed by atoms with Crippen LogP contribution in [-0.4, -0.2) is 24.2 Å². The van der Waals surface area contributed by atoms with Gasteiger partial charge in [0.1, 0.15) is 0 Å². The summed E-state index contributed by atoms with van der Waals surface area (Å²) in [5.74, 6) is 1.18. The highest BCUT2D eigenvalue weighted by Crippen LogP contribution is 1.83. The molecule has 0 amide bonds. The third-order valence-corrected chi connectivity index (χ3v) is 2.85. The van der Waals surface area contributed by atoms with Gasteiger partial charge < -0.3 is 14.8 Å². The summed E-state index contributed by atoms with van der Waals surface area (Å²) in [6, 6.07) is 0. The van der Waals surface area contributed by atoms with E-state index in [1.54, 1.807) is 0 Å². The minimum absolute atomic E-state index is 0.293. The first-order valence-corrected chi connectivity index (χ1v) is 4.13. The van der Waals surface area contributed by atoms with Crippen LogP contribution in [-0.2, 0) is 10.5 Å². The van der Waals surface area contributed by atoms with E-state index in [4.69, 9.17) is 0 Å². The molecule has 0 aromatic rings. The van der Waals surface area contributed by atoms with E-state index in [-0.39, 0.29) is 0 Å². The molecule has 0 radical (unpaired) electrons. The molecule has 0 saturated heterocycles. The Labute approximate surface area is 54.4 Å². The van der Waals surface area contributed by atoms with E-state index in [9.17, 15) is 0 Å². The van der Waals surface area contributed by atoms with Gasteiger partial charge in [0.15, 0.2) is 0 Å². The zero-order chi connectivity index (χ0) is 6.57. The van der Waals surface area contributed by atoms with Crippen molar-refractivity contribution >= 4 is 10.5 Å². The lowest BCUT2D eigenvalue weighted by Crippen LogP contribution is -2.14. The normalized spacial score (nSPS) is 10.2. The second-order valence-electron chi connectivity index (χ2n) is 1.67. The van der Waals surface area contributed by atoms with Crippen LogP contribution in [0.25, 0.3) is 0 Å².